The van der Waals surface area contributed by atoms with E-state index in [-0.39, 0.29) is 30.4 Å². The van der Waals surface area contributed by atoms with Crippen molar-refractivity contribution in [2.75, 3.05) is 26.8 Å². The van der Waals surface area contributed by atoms with Crippen molar-refractivity contribution in [2.24, 2.45) is 5.92 Å². The molecular weight excluding hydrogens is 380 g/mol. The summed E-state index contributed by atoms with van der Waals surface area (Å²) < 4.78 is 10.5. The average Bonchev–Trinajstić information content (AvgIpc) is 3.38. The minimum atomic E-state index is -0.423. The number of aryl methyl sites for hydroxylation is 2. The molecular formula is C19H24N4O4S. The van der Waals surface area contributed by atoms with Crippen LogP contribution < -0.4 is 5.32 Å². The number of amides is 2. The molecule has 1 saturated carbocycles. The number of likely N-dealkylation sites (tertiary alicyclic amines) is 1. The van der Waals surface area contributed by atoms with Crippen LogP contribution in [0.3, 0.4) is 0 Å². The van der Waals surface area contributed by atoms with Crippen LogP contribution in [0.4, 0.5) is 0 Å². The summed E-state index contributed by atoms with van der Waals surface area (Å²) in [4.78, 5) is 33.1. The van der Waals surface area contributed by atoms with Crippen LogP contribution in [-0.4, -0.2) is 59.7 Å². The molecule has 8 nitrogen and oxygen atoms in total. The molecule has 0 aromatic carbocycles. The number of aromatic nitrogens is 2. The van der Waals surface area contributed by atoms with Crippen molar-refractivity contribution in [1.29, 1.82) is 0 Å². The third-order valence-electron chi connectivity index (χ3n) is 5.75. The zero-order valence-electron chi connectivity index (χ0n) is 16.2. The van der Waals surface area contributed by atoms with E-state index >= 15 is 0 Å². The fourth-order valence-corrected chi connectivity index (χ4v) is 5.30. The lowest BCUT2D eigenvalue weighted by atomic mass is 9.80. The highest BCUT2D eigenvalue weighted by molar-refractivity contribution is 7.13. The number of fused-ring (bicyclic) bond motifs is 1. The molecule has 0 bridgehead atoms. The van der Waals surface area contributed by atoms with Crippen LogP contribution in [0, 0.1) is 19.8 Å². The minimum absolute atomic E-state index is 0.00629. The maximum Gasteiger partial charge on any atom is 0.261 e. The molecule has 28 heavy (non-hydrogen) atoms. The highest BCUT2D eigenvalue weighted by Gasteiger charge is 2.58. The van der Waals surface area contributed by atoms with Crippen LogP contribution in [0.25, 0.3) is 0 Å². The van der Waals surface area contributed by atoms with E-state index in [9.17, 15) is 9.59 Å². The third kappa shape index (κ3) is 3.33. The second kappa shape index (κ2) is 7.29. The fourth-order valence-electron chi connectivity index (χ4n) is 4.53. The van der Waals surface area contributed by atoms with Gasteiger partial charge in [0.1, 0.15) is 6.61 Å². The minimum Gasteiger partial charge on any atom is -0.375 e. The summed E-state index contributed by atoms with van der Waals surface area (Å²) in [6, 6.07) is 3.81. The first-order valence-corrected chi connectivity index (χ1v) is 10.2. The Balaban J connectivity index is 1.54. The number of carbonyl (C=O) groups is 2. The number of carbonyl (C=O) groups excluding carboxylic acids is 2. The van der Waals surface area contributed by atoms with Crippen LogP contribution in [-0.2, 0) is 14.9 Å². The van der Waals surface area contributed by atoms with Crippen LogP contribution in [0.5, 0.6) is 0 Å². The van der Waals surface area contributed by atoms with E-state index in [0.29, 0.717) is 36.1 Å². The number of nitrogens with zero attached hydrogens (tertiary/aromatic N) is 3. The molecule has 2 amide bonds. The number of methoxy groups -OCH3 is 1. The Morgan fingerprint density at radius 2 is 2.25 bits per heavy atom. The summed E-state index contributed by atoms with van der Waals surface area (Å²) in [5.41, 5.74) is -0.423. The first-order chi connectivity index (χ1) is 13.4. The predicted octanol–water partition coefficient (Wildman–Crippen LogP) is 1.68. The Kier molecular flexibility index (Phi) is 4.96. The smallest absolute Gasteiger partial charge is 0.261 e. The third-order valence-corrected chi connectivity index (χ3v) is 6.75. The van der Waals surface area contributed by atoms with Gasteiger partial charge in [-0.05, 0) is 44.7 Å². The average molecular weight is 404 g/mol. The van der Waals surface area contributed by atoms with Gasteiger partial charge in [0.05, 0.1) is 10.3 Å². The Labute approximate surface area is 167 Å². The Bertz CT molecular complexity index is 894. The molecule has 1 aliphatic heterocycles. The van der Waals surface area contributed by atoms with Gasteiger partial charge in [0.25, 0.3) is 5.91 Å². The lowest BCUT2D eigenvalue weighted by molar-refractivity contribution is -0.134. The summed E-state index contributed by atoms with van der Waals surface area (Å²) in [6.07, 6.45) is 1.44. The molecule has 1 aliphatic carbocycles. The molecule has 2 aromatic heterocycles. The van der Waals surface area contributed by atoms with Gasteiger partial charge in [-0.3, -0.25) is 9.59 Å². The zero-order chi connectivity index (χ0) is 19.9. The molecule has 150 valence electrons. The highest BCUT2D eigenvalue weighted by Crippen LogP contribution is 2.50. The van der Waals surface area contributed by atoms with Crippen molar-refractivity contribution in [3.8, 4) is 0 Å². The second-order valence-corrected chi connectivity index (χ2v) is 9.02. The molecule has 3 heterocycles. The van der Waals surface area contributed by atoms with Gasteiger partial charge in [0.15, 0.2) is 5.82 Å². The number of ether oxygens (including phenoxy) is 1. The summed E-state index contributed by atoms with van der Waals surface area (Å²) in [6.45, 7) is 4.94. The normalized spacial score (nSPS) is 26.5. The highest BCUT2D eigenvalue weighted by atomic mass is 32.1. The lowest BCUT2D eigenvalue weighted by Crippen LogP contribution is -2.40. The van der Waals surface area contributed by atoms with E-state index in [2.05, 4.69) is 15.5 Å². The van der Waals surface area contributed by atoms with E-state index in [0.717, 1.165) is 11.3 Å². The van der Waals surface area contributed by atoms with Gasteiger partial charge in [-0.2, -0.15) is 4.98 Å². The number of nitrogens with one attached hydrogen (secondary N) is 1. The molecule has 1 N–H and O–H groups in total. The SMILES string of the molecule is COCC(=O)N1CC2CC(NC(=O)c3ccc(C)s3)CC2(c2nc(C)no2)C1. The fraction of sp³-hybridized carbons (Fsp3) is 0.579. The molecule has 0 radical (unpaired) electrons. The largest absolute Gasteiger partial charge is 0.375 e. The zero-order valence-corrected chi connectivity index (χ0v) is 17.0. The van der Waals surface area contributed by atoms with Crippen molar-refractivity contribution in [3.63, 3.8) is 0 Å². The van der Waals surface area contributed by atoms with E-state index in [1.807, 2.05) is 24.0 Å². The summed E-state index contributed by atoms with van der Waals surface area (Å²) in [5.74, 6) is 1.20. The predicted molar refractivity (Wildman–Crippen MR) is 102 cm³/mol. The second-order valence-electron chi connectivity index (χ2n) is 7.73. The molecule has 2 aliphatic rings. The quantitative estimate of drug-likeness (QED) is 0.814. The molecule has 1 saturated heterocycles. The Morgan fingerprint density at radius 1 is 1.43 bits per heavy atom. The molecule has 2 fully saturated rings. The van der Waals surface area contributed by atoms with Gasteiger partial charge in [-0.25, -0.2) is 0 Å². The van der Waals surface area contributed by atoms with Crippen molar-refractivity contribution in [1.82, 2.24) is 20.4 Å². The van der Waals surface area contributed by atoms with E-state index in [4.69, 9.17) is 9.26 Å². The van der Waals surface area contributed by atoms with Gasteiger partial charge < -0.3 is 19.5 Å². The van der Waals surface area contributed by atoms with Crippen LogP contribution in [0.2, 0.25) is 0 Å². The van der Waals surface area contributed by atoms with Crippen LogP contribution >= 0.6 is 11.3 Å². The molecule has 9 heteroatoms. The van der Waals surface area contributed by atoms with Gasteiger partial charge in [0.2, 0.25) is 11.8 Å². The first-order valence-electron chi connectivity index (χ1n) is 9.36. The number of hydrogen-bond donors (Lipinski definition) is 1. The van der Waals surface area contributed by atoms with Gasteiger partial charge in [-0.1, -0.05) is 5.16 Å². The van der Waals surface area contributed by atoms with Crippen molar-refractivity contribution in [2.45, 2.75) is 38.1 Å². The van der Waals surface area contributed by atoms with Crippen molar-refractivity contribution in [3.05, 3.63) is 33.6 Å². The standard InChI is InChI=1S/C19H24N4O4S/c1-11-4-5-15(28-11)17(25)21-14-6-13-8-23(16(24)9-26-3)10-19(13,7-14)18-20-12(2)22-27-18/h4-5,13-14H,6-10H2,1-3H3,(H,21,25). The number of hydrogen-bond acceptors (Lipinski definition) is 7. The van der Waals surface area contributed by atoms with Crippen LogP contribution in [0.1, 0.15) is 39.1 Å². The number of thiophene rings is 1. The van der Waals surface area contributed by atoms with Crippen molar-refractivity contribution >= 4 is 23.2 Å². The number of rotatable bonds is 5. The van der Waals surface area contributed by atoms with Crippen LogP contribution in [0.15, 0.2) is 16.7 Å². The summed E-state index contributed by atoms with van der Waals surface area (Å²) in [5, 5.41) is 7.12. The maximum absolute atomic E-state index is 12.6. The maximum atomic E-state index is 12.6. The van der Waals surface area contributed by atoms with E-state index < -0.39 is 5.41 Å². The van der Waals surface area contributed by atoms with E-state index in [1.165, 1.54) is 18.4 Å². The molecule has 3 unspecified atom stereocenters. The summed E-state index contributed by atoms with van der Waals surface area (Å²) >= 11 is 1.49. The van der Waals surface area contributed by atoms with Gasteiger partial charge in [-0.15, -0.1) is 11.3 Å². The Morgan fingerprint density at radius 3 is 2.89 bits per heavy atom. The first kappa shape index (κ1) is 19.1. The molecule has 2 aromatic rings. The van der Waals surface area contributed by atoms with Gasteiger partial charge >= 0.3 is 0 Å². The Hall–Kier alpha value is -2.26. The van der Waals surface area contributed by atoms with E-state index in [1.54, 1.807) is 6.92 Å². The van der Waals surface area contributed by atoms with Gasteiger partial charge in [0, 0.05) is 31.1 Å². The lowest BCUT2D eigenvalue weighted by Gasteiger charge is -2.25. The topological polar surface area (TPSA) is 97.6 Å². The molecule has 4 rings (SSSR count). The monoisotopic (exact) mass is 404 g/mol. The summed E-state index contributed by atoms with van der Waals surface area (Å²) in [7, 11) is 1.52. The molecule has 3 atom stereocenters. The van der Waals surface area contributed by atoms with Crippen molar-refractivity contribution < 1.29 is 18.8 Å². The molecule has 0 spiro atoms.